The number of nitrogens with zero attached hydrogens (tertiary/aromatic N) is 2. The third kappa shape index (κ3) is 3.58. The van der Waals surface area contributed by atoms with E-state index in [1.807, 2.05) is 17.0 Å². The SMILES string of the molecule is CCC1CNCCN1C(=O)CCc1ccc(C#N)cc1. The van der Waals surface area contributed by atoms with Crippen LogP contribution >= 0.6 is 0 Å². The molecule has 2 rings (SSSR count). The zero-order valence-electron chi connectivity index (χ0n) is 11.9. The van der Waals surface area contributed by atoms with Crippen molar-refractivity contribution in [3.05, 3.63) is 35.4 Å². The molecule has 1 N–H and O–H groups in total. The van der Waals surface area contributed by atoms with Crippen molar-refractivity contribution in [3.63, 3.8) is 0 Å². The van der Waals surface area contributed by atoms with Crippen LogP contribution in [0.3, 0.4) is 0 Å². The molecule has 1 aromatic carbocycles. The van der Waals surface area contributed by atoms with Gasteiger partial charge < -0.3 is 10.2 Å². The van der Waals surface area contributed by atoms with E-state index in [1.165, 1.54) is 0 Å². The van der Waals surface area contributed by atoms with E-state index in [0.29, 0.717) is 18.0 Å². The van der Waals surface area contributed by atoms with E-state index in [-0.39, 0.29) is 5.91 Å². The molecule has 1 saturated heterocycles. The minimum Gasteiger partial charge on any atom is -0.337 e. The standard InChI is InChI=1S/C16H21N3O/c1-2-15-12-18-9-10-19(15)16(20)8-7-13-3-5-14(11-17)6-4-13/h3-6,15,18H,2,7-10,12H2,1H3. The monoisotopic (exact) mass is 271 g/mol. The lowest BCUT2D eigenvalue weighted by molar-refractivity contribution is -0.134. The zero-order valence-corrected chi connectivity index (χ0v) is 11.9. The quantitative estimate of drug-likeness (QED) is 0.907. The van der Waals surface area contributed by atoms with Crippen LogP contribution in [0.2, 0.25) is 0 Å². The molecule has 1 unspecified atom stereocenters. The van der Waals surface area contributed by atoms with Crippen LogP contribution in [-0.2, 0) is 11.2 Å². The summed E-state index contributed by atoms with van der Waals surface area (Å²) < 4.78 is 0. The van der Waals surface area contributed by atoms with E-state index < -0.39 is 0 Å². The Hall–Kier alpha value is -1.86. The smallest absolute Gasteiger partial charge is 0.223 e. The summed E-state index contributed by atoms with van der Waals surface area (Å²) in [5, 5.41) is 12.1. The third-order valence-corrected chi connectivity index (χ3v) is 3.85. The lowest BCUT2D eigenvalue weighted by Crippen LogP contribution is -2.53. The number of piperazine rings is 1. The molecule has 106 valence electrons. The van der Waals surface area contributed by atoms with Gasteiger partial charge in [0.05, 0.1) is 11.6 Å². The van der Waals surface area contributed by atoms with Crippen molar-refractivity contribution in [2.75, 3.05) is 19.6 Å². The maximum atomic E-state index is 12.3. The number of hydrogen-bond acceptors (Lipinski definition) is 3. The highest BCUT2D eigenvalue weighted by Gasteiger charge is 2.24. The first-order valence-electron chi connectivity index (χ1n) is 7.23. The number of carbonyl (C=O) groups excluding carboxylic acids is 1. The van der Waals surface area contributed by atoms with Crippen molar-refractivity contribution in [2.24, 2.45) is 0 Å². The molecule has 1 aliphatic rings. The third-order valence-electron chi connectivity index (χ3n) is 3.85. The van der Waals surface area contributed by atoms with Gasteiger partial charge in [-0.2, -0.15) is 5.26 Å². The number of nitriles is 1. The number of nitrogens with one attached hydrogen (secondary N) is 1. The summed E-state index contributed by atoms with van der Waals surface area (Å²) in [4.78, 5) is 14.3. The molecule has 0 aromatic heterocycles. The van der Waals surface area contributed by atoms with E-state index in [9.17, 15) is 4.79 Å². The molecule has 0 bridgehead atoms. The Morgan fingerprint density at radius 3 is 2.85 bits per heavy atom. The van der Waals surface area contributed by atoms with Crippen LogP contribution in [0.5, 0.6) is 0 Å². The summed E-state index contributed by atoms with van der Waals surface area (Å²) in [5.41, 5.74) is 1.77. The average molecular weight is 271 g/mol. The van der Waals surface area contributed by atoms with E-state index in [0.717, 1.165) is 38.0 Å². The minimum absolute atomic E-state index is 0.239. The number of carbonyl (C=O) groups is 1. The van der Waals surface area contributed by atoms with Crippen LogP contribution in [0.4, 0.5) is 0 Å². The summed E-state index contributed by atoms with van der Waals surface area (Å²) in [5.74, 6) is 0.239. The van der Waals surface area contributed by atoms with Crippen molar-refractivity contribution in [2.45, 2.75) is 32.2 Å². The topological polar surface area (TPSA) is 56.1 Å². The van der Waals surface area contributed by atoms with Crippen molar-refractivity contribution in [3.8, 4) is 6.07 Å². The first kappa shape index (κ1) is 14.5. The summed E-state index contributed by atoms with van der Waals surface area (Å²) in [6.07, 6.45) is 2.28. The Labute approximate surface area is 120 Å². The number of aryl methyl sites for hydroxylation is 1. The van der Waals surface area contributed by atoms with Crippen LogP contribution in [0, 0.1) is 11.3 Å². The van der Waals surface area contributed by atoms with Crippen LogP contribution in [0.1, 0.15) is 30.9 Å². The Morgan fingerprint density at radius 1 is 1.45 bits per heavy atom. The highest BCUT2D eigenvalue weighted by Crippen LogP contribution is 2.12. The van der Waals surface area contributed by atoms with Crippen LogP contribution in [0.25, 0.3) is 0 Å². The van der Waals surface area contributed by atoms with Crippen LogP contribution in [-0.4, -0.2) is 36.5 Å². The first-order chi connectivity index (χ1) is 9.74. The van der Waals surface area contributed by atoms with Gasteiger partial charge in [-0.05, 0) is 30.5 Å². The fourth-order valence-corrected chi connectivity index (χ4v) is 2.59. The van der Waals surface area contributed by atoms with Crippen LogP contribution < -0.4 is 5.32 Å². The Balaban J connectivity index is 1.89. The molecule has 1 heterocycles. The molecule has 1 amide bonds. The summed E-state index contributed by atoms with van der Waals surface area (Å²) in [7, 11) is 0. The molecule has 20 heavy (non-hydrogen) atoms. The second-order valence-corrected chi connectivity index (χ2v) is 5.16. The van der Waals surface area contributed by atoms with Gasteiger partial charge in [0, 0.05) is 32.1 Å². The van der Waals surface area contributed by atoms with Crippen molar-refractivity contribution in [1.29, 1.82) is 5.26 Å². The Morgan fingerprint density at radius 2 is 2.20 bits per heavy atom. The lowest BCUT2D eigenvalue weighted by atomic mass is 10.1. The van der Waals surface area contributed by atoms with Gasteiger partial charge in [-0.25, -0.2) is 0 Å². The van der Waals surface area contributed by atoms with Gasteiger partial charge >= 0.3 is 0 Å². The largest absolute Gasteiger partial charge is 0.337 e. The van der Waals surface area contributed by atoms with Gasteiger partial charge in [0.2, 0.25) is 5.91 Å². The summed E-state index contributed by atoms with van der Waals surface area (Å²) in [6.45, 7) is 4.72. The maximum absolute atomic E-state index is 12.3. The van der Waals surface area contributed by atoms with Gasteiger partial charge in [0.25, 0.3) is 0 Å². The maximum Gasteiger partial charge on any atom is 0.223 e. The van der Waals surface area contributed by atoms with Gasteiger partial charge in [0.1, 0.15) is 0 Å². The van der Waals surface area contributed by atoms with E-state index >= 15 is 0 Å². The Bertz CT molecular complexity index is 489. The number of rotatable bonds is 4. The molecule has 1 aliphatic heterocycles. The van der Waals surface area contributed by atoms with Crippen molar-refractivity contribution < 1.29 is 4.79 Å². The molecule has 0 radical (unpaired) electrons. The predicted octanol–water partition coefficient (Wildman–Crippen LogP) is 1.70. The molecule has 1 atom stereocenters. The van der Waals surface area contributed by atoms with Gasteiger partial charge in [0.15, 0.2) is 0 Å². The van der Waals surface area contributed by atoms with Gasteiger partial charge in [-0.1, -0.05) is 19.1 Å². The first-order valence-corrected chi connectivity index (χ1v) is 7.23. The predicted molar refractivity (Wildman–Crippen MR) is 78.1 cm³/mol. The second kappa shape index (κ2) is 7.06. The van der Waals surface area contributed by atoms with Crippen LogP contribution in [0.15, 0.2) is 24.3 Å². The molecule has 1 aromatic rings. The fourth-order valence-electron chi connectivity index (χ4n) is 2.59. The fraction of sp³-hybridized carbons (Fsp3) is 0.500. The van der Waals surface area contributed by atoms with Crippen molar-refractivity contribution in [1.82, 2.24) is 10.2 Å². The van der Waals surface area contributed by atoms with Crippen molar-refractivity contribution >= 4 is 5.91 Å². The number of benzene rings is 1. The average Bonchev–Trinajstić information content (AvgIpc) is 2.53. The molecule has 1 fully saturated rings. The molecule has 4 nitrogen and oxygen atoms in total. The molecule has 0 aliphatic carbocycles. The minimum atomic E-state index is 0.239. The zero-order chi connectivity index (χ0) is 14.4. The summed E-state index contributed by atoms with van der Waals surface area (Å²) in [6, 6.07) is 9.91. The highest BCUT2D eigenvalue weighted by molar-refractivity contribution is 5.77. The lowest BCUT2D eigenvalue weighted by Gasteiger charge is -2.35. The van der Waals surface area contributed by atoms with E-state index in [2.05, 4.69) is 18.3 Å². The van der Waals surface area contributed by atoms with E-state index in [1.54, 1.807) is 12.1 Å². The van der Waals surface area contributed by atoms with Gasteiger partial charge in [-0.3, -0.25) is 4.79 Å². The molecular weight excluding hydrogens is 250 g/mol. The molecule has 4 heteroatoms. The molecule has 0 spiro atoms. The Kier molecular flexibility index (Phi) is 5.14. The highest BCUT2D eigenvalue weighted by atomic mass is 16.2. The molecular formula is C16H21N3O. The normalized spacial score (nSPS) is 18.6. The van der Waals surface area contributed by atoms with E-state index in [4.69, 9.17) is 5.26 Å². The second-order valence-electron chi connectivity index (χ2n) is 5.16. The van der Waals surface area contributed by atoms with Gasteiger partial charge in [-0.15, -0.1) is 0 Å². The number of hydrogen-bond donors (Lipinski definition) is 1. The summed E-state index contributed by atoms with van der Waals surface area (Å²) >= 11 is 0. The molecule has 0 saturated carbocycles. The number of amides is 1.